The number of halogens is 3. The van der Waals surface area contributed by atoms with E-state index in [-0.39, 0.29) is 12.3 Å². The highest BCUT2D eigenvalue weighted by Crippen LogP contribution is 2.30. The van der Waals surface area contributed by atoms with E-state index in [1.165, 1.54) is 23.7 Å². The molecular formula is C15H12F3NOS. The molecule has 0 radical (unpaired) electrons. The molecule has 0 atom stereocenters. The van der Waals surface area contributed by atoms with Gasteiger partial charge >= 0.3 is 6.18 Å². The highest BCUT2D eigenvalue weighted by Gasteiger charge is 2.29. The summed E-state index contributed by atoms with van der Waals surface area (Å²) in [5.74, 6) is 0.0607. The second-order valence-electron chi connectivity index (χ2n) is 4.42. The van der Waals surface area contributed by atoms with Gasteiger partial charge in [0.05, 0.1) is 16.7 Å². The second-order valence-corrected chi connectivity index (χ2v) is 4.63. The van der Waals surface area contributed by atoms with Crippen LogP contribution in [0.25, 0.3) is 0 Å². The van der Waals surface area contributed by atoms with Crippen molar-refractivity contribution in [2.75, 3.05) is 4.90 Å². The molecule has 0 saturated carbocycles. The van der Waals surface area contributed by atoms with E-state index in [2.05, 4.69) is 0 Å². The maximum atomic E-state index is 12.5. The van der Waals surface area contributed by atoms with Gasteiger partial charge in [-0.2, -0.15) is 13.2 Å². The molecule has 0 spiro atoms. The summed E-state index contributed by atoms with van der Waals surface area (Å²) in [5.41, 5.74) is 1.83. The van der Waals surface area contributed by atoms with E-state index in [9.17, 15) is 18.3 Å². The standard InChI is InChI=1S/C15H12F3NOS/c16-15(17,18)12-7-5-11(6-8-12)9-19(10-21)13-3-1-2-4-14(13)20/h1-8,10,20H,9H2. The number of para-hydroxylation sites is 2. The summed E-state index contributed by atoms with van der Waals surface area (Å²) in [6.45, 7) is 0.277. The molecule has 0 fully saturated rings. The summed E-state index contributed by atoms with van der Waals surface area (Å²) in [5, 5.41) is 9.78. The number of benzene rings is 2. The first kappa shape index (κ1) is 15.3. The van der Waals surface area contributed by atoms with E-state index in [4.69, 9.17) is 12.2 Å². The quantitative estimate of drug-likeness (QED) is 0.848. The van der Waals surface area contributed by atoms with Crippen LogP contribution in [0.5, 0.6) is 5.75 Å². The average Bonchev–Trinajstić information content (AvgIpc) is 2.45. The maximum Gasteiger partial charge on any atom is 0.416 e. The molecule has 0 heterocycles. The van der Waals surface area contributed by atoms with Gasteiger partial charge in [0.15, 0.2) is 0 Å². The molecule has 0 aliphatic carbocycles. The fourth-order valence-corrected chi connectivity index (χ4v) is 2.07. The number of phenols is 1. The van der Waals surface area contributed by atoms with Gasteiger partial charge in [-0.15, -0.1) is 0 Å². The number of rotatable bonds is 4. The predicted octanol–water partition coefficient (Wildman–Crippen LogP) is 4.37. The van der Waals surface area contributed by atoms with Crippen molar-refractivity contribution >= 4 is 23.4 Å². The number of hydrogen-bond donors (Lipinski definition) is 1. The molecule has 0 amide bonds. The van der Waals surface area contributed by atoms with Crippen molar-refractivity contribution < 1.29 is 18.3 Å². The van der Waals surface area contributed by atoms with Crippen molar-refractivity contribution in [1.82, 2.24) is 0 Å². The lowest BCUT2D eigenvalue weighted by molar-refractivity contribution is -0.137. The largest absolute Gasteiger partial charge is 0.506 e. The van der Waals surface area contributed by atoms with Gasteiger partial charge in [-0.1, -0.05) is 36.5 Å². The molecule has 21 heavy (non-hydrogen) atoms. The van der Waals surface area contributed by atoms with Crippen LogP contribution >= 0.6 is 12.2 Å². The lowest BCUT2D eigenvalue weighted by Crippen LogP contribution is -2.19. The number of aromatic hydroxyl groups is 1. The number of anilines is 1. The van der Waals surface area contributed by atoms with E-state index < -0.39 is 11.7 Å². The SMILES string of the molecule is Oc1ccccc1N(C=S)Cc1ccc(C(F)(F)F)cc1. The first-order chi connectivity index (χ1) is 9.91. The number of nitrogens with zero attached hydrogens (tertiary/aromatic N) is 1. The minimum Gasteiger partial charge on any atom is -0.506 e. The Labute approximate surface area is 125 Å². The van der Waals surface area contributed by atoms with Gasteiger partial charge in [-0.25, -0.2) is 0 Å². The minimum absolute atomic E-state index is 0.0607. The summed E-state index contributed by atoms with van der Waals surface area (Å²) >= 11 is 4.91. The fraction of sp³-hybridized carbons (Fsp3) is 0.133. The Bertz CT molecular complexity index is 626. The first-order valence-electron chi connectivity index (χ1n) is 6.08. The Morgan fingerprint density at radius 1 is 1.05 bits per heavy atom. The van der Waals surface area contributed by atoms with Crippen LogP contribution < -0.4 is 4.90 Å². The monoisotopic (exact) mass is 311 g/mol. The lowest BCUT2D eigenvalue weighted by atomic mass is 10.1. The zero-order chi connectivity index (χ0) is 15.5. The van der Waals surface area contributed by atoms with Crippen LogP contribution in [0.4, 0.5) is 18.9 Å². The molecule has 2 rings (SSSR count). The smallest absolute Gasteiger partial charge is 0.416 e. The third-order valence-corrected chi connectivity index (χ3v) is 3.21. The van der Waals surface area contributed by atoms with E-state index >= 15 is 0 Å². The van der Waals surface area contributed by atoms with Crippen LogP contribution in [0.15, 0.2) is 48.5 Å². The molecule has 1 N–H and O–H groups in total. The topological polar surface area (TPSA) is 23.5 Å². The zero-order valence-electron chi connectivity index (χ0n) is 10.8. The van der Waals surface area contributed by atoms with Crippen LogP contribution in [-0.2, 0) is 12.7 Å². The van der Waals surface area contributed by atoms with E-state index in [0.29, 0.717) is 11.3 Å². The van der Waals surface area contributed by atoms with E-state index in [1.54, 1.807) is 23.1 Å². The maximum absolute atomic E-state index is 12.5. The summed E-state index contributed by atoms with van der Waals surface area (Å²) in [6.07, 6.45) is -4.35. The first-order valence-corrected chi connectivity index (χ1v) is 6.55. The van der Waals surface area contributed by atoms with Crippen molar-refractivity contribution in [1.29, 1.82) is 0 Å². The van der Waals surface area contributed by atoms with Crippen LogP contribution in [0.2, 0.25) is 0 Å². The molecule has 0 aliphatic heterocycles. The summed E-state index contributed by atoms with van der Waals surface area (Å²) in [7, 11) is 0. The minimum atomic E-state index is -4.35. The molecule has 0 aromatic heterocycles. The van der Waals surface area contributed by atoms with Crippen molar-refractivity contribution in [3.05, 3.63) is 59.7 Å². The Balaban J connectivity index is 2.20. The average molecular weight is 311 g/mol. The third kappa shape index (κ3) is 3.72. The Morgan fingerprint density at radius 2 is 1.67 bits per heavy atom. The Hall–Kier alpha value is -2.08. The van der Waals surface area contributed by atoms with Crippen LogP contribution in [0.1, 0.15) is 11.1 Å². The summed E-state index contributed by atoms with van der Waals surface area (Å²) < 4.78 is 37.5. The number of hydrogen-bond acceptors (Lipinski definition) is 2. The molecule has 6 heteroatoms. The molecule has 0 saturated heterocycles. The van der Waals surface area contributed by atoms with Crippen LogP contribution in [0, 0.1) is 0 Å². The highest BCUT2D eigenvalue weighted by molar-refractivity contribution is 7.79. The van der Waals surface area contributed by atoms with Crippen molar-refractivity contribution in [2.24, 2.45) is 0 Å². The van der Waals surface area contributed by atoms with E-state index in [1.807, 2.05) is 0 Å². The molecule has 0 bridgehead atoms. The van der Waals surface area contributed by atoms with Gasteiger partial charge in [0, 0.05) is 6.54 Å². The van der Waals surface area contributed by atoms with E-state index in [0.717, 1.165) is 12.1 Å². The van der Waals surface area contributed by atoms with Gasteiger partial charge in [-0.3, -0.25) is 0 Å². The lowest BCUT2D eigenvalue weighted by Gasteiger charge is -2.20. The molecule has 2 aromatic rings. The second kappa shape index (κ2) is 6.13. The molecule has 2 nitrogen and oxygen atoms in total. The van der Waals surface area contributed by atoms with Gasteiger partial charge in [-0.05, 0) is 29.8 Å². The van der Waals surface area contributed by atoms with Gasteiger partial charge in [0.1, 0.15) is 5.75 Å². The van der Waals surface area contributed by atoms with Crippen LogP contribution in [0.3, 0.4) is 0 Å². The molecule has 0 aliphatic rings. The Morgan fingerprint density at radius 3 is 2.19 bits per heavy atom. The fourth-order valence-electron chi connectivity index (χ4n) is 1.88. The van der Waals surface area contributed by atoms with Gasteiger partial charge in [0.2, 0.25) is 0 Å². The highest BCUT2D eigenvalue weighted by atomic mass is 32.1. The third-order valence-electron chi connectivity index (χ3n) is 2.95. The number of thiocarbonyl (C=S) groups is 1. The number of alkyl halides is 3. The van der Waals surface area contributed by atoms with Crippen molar-refractivity contribution in [3.63, 3.8) is 0 Å². The van der Waals surface area contributed by atoms with Crippen molar-refractivity contribution in [3.8, 4) is 5.75 Å². The van der Waals surface area contributed by atoms with Gasteiger partial charge in [0.25, 0.3) is 0 Å². The summed E-state index contributed by atoms with van der Waals surface area (Å²) in [4.78, 5) is 1.59. The van der Waals surface area contributed by atoms with Gasteiger partial charge < -0.3 is 10.0 Å². The molecule has 0 unspecified atom stereocenters. The molecule has 2 aromatic carbocycles. The van der Waals surface area contributed by atoms with Crippen molar-refractivity contribution in [2.45, 2.75) is 12.7 Å². The summed E-state index contributed by atoms with van der Waals surface area (Å²) in [6, 6.07) is 11.5. The Kier molecular flexibility index (Phi) is 4.47. The number of phenolic OH excluding ortho intramolecular Hbond substituents is 1. The molecular weight excluding hydrogens is 299 g/mol. The zero-order valence-corrected chi connectivity index (χ0v) is 11.7. The normalized spacial score (nSPS) is 11.2. The predicted molar refractivity (Wildman–Crippen MR) is 79.4 cm³/mol. The van der Waals surface area contributed by atoms with Crippen LogP contribution in [-0.4, -0.2) is 10.6 Å². The molecule has 110 valence electrons.